The normalized spacial score (nSPS) is 23.0. The quantitative estimate of drug-likeness (QED) is 0.355. The van der Waals surface area contributed by atoms with E-state index in [0.29, 0.717) is 43.5 Å². The summed E-state index contributed by atoms with van der Waals surface area (Å²) in [4.78, 5) is 50.6. The molecular formula is C22H26N2O7S. The molecule has 0 unspecified atom stereocenters. The van der Waals surface area contributed by atoms with E-state index in [-0.39, 0.29) is 23.7 Å². The second-order valence-corrected chi connectivity index (χ2v) is 10.5. The number of hydrogen-bond donors (Lipinski definition) is 0. The molecule has 1 aromatic carbocycles. The molecule has 3 aliphatic rings. The molecule has 32 heavy (non-hydrogen) atoms. The van der Waals surface area contributed by atoms with Gasteiger partial charge >= 0.3 is 5.97 Å². The first-order chi connectivity index (χ1) is 15.2. The standard InChI is InChI=1S/C22H26N2O7S/c1-32(29,30)24-10-4-5-14-11-15(8-9-18(14)24)19(25)13-31-20(26)12-23-21(27)16-6-2-3-7-17(16)22(23)28/h8-9,11,16-17H,2-7,10,12-13H2,1H3/t16-,17+. The zero-order valence-corrected chi connectivity index (χ0v) is 18.7. The molecule has 2 atom stereocenters. The lowest BCUT2D eigenvalue weighted by Gasteiger charge is -2.29. The van der Waals surface area contributed by atoms with E-state index in [1.165, 1.54) is 10.4 Å². The van der Waals surface area contributed by atoms with Gasteiger partial charge in [-0.3, -0.25) is 28.4 Å². The predicted molar refractivity (Wildman–Crippen MR) is 114 cm³/mol. The van der Waals surface area contributed by atoms with Crippen molar-refractivity contribution in [2.75, 3.05) is 30.3 Å². The average molecular weight is 463 g/mol. The fourth-order valence-electron chi connectivity index (χ4n) is 4.87. The van der Waals surface area contributed by atoms with Crippen molar-refractivity contribution >= 4 is 39.3 Å². The number of sulfonamides is 1. The van der Waals surface area contributed by atoms with E-state index in [1.807, 2.05) is 0 Å². The van der Waals surface area contributed by atoms with Gasteiger partial charge in [0.1, 0.15) is 6.54 Å². The number of ketones is 1. The molecule has 0 bridgehead atoms. The van der Waals surface area contributed by atoms with Crippen LogP contribution in [-0.4, -0.2) is 62.8 Å². The maximum Gasteiger partial charge on any atom is 0.326 e. The van der Waals surface area contributed by atoms with Gasteiger partial charge in [0.2, 0.25) is 21.8 Å². The highest BCUT2D eigenvalue weighted by molar-refractivity contribution is 7.92. The number of rotatable bonds is 6. The molecule has 0 spiro atoms. The highest BCUT2D eigenvalue weighted by atomic mass is 32.2. The van der Waals surface area contributed by atoms with Crippen LogP contribution in [0.3, 0.4) is 0 Å². The molecule has 4 rings (SSSR count). The van der Waals surface area contributed by atoms with Crippen molar-refractivity contribution in [3.63, 3.8) is 0 Å². The van der Waals surface area contributed by atoms with E-state index in [1.54, 1.807) is 12.1 Å². The number of hydrogen-bond acceptors (Lipinski definition) is 7. The first-order valence-electron chi connectivity index (χ1n) is 10.8. The van der Waals surface area contributed by atoms with E-state index >= 15 is 0 Å². The van der Waals surface area contributed by atoms with E-state index < -0.39 is 34.9 Å². The van der Waals surface area contributed by atoms with Crippen LogP contribution >= 0.6 is 0 Å². The molecule has 1 aliphatic carbocycles. The van der Waals surface area contributed by atoms with Crippen molar-refractivity contribution in [1.82, 2.24) is 4.90 Å². The second-order valence-electron chi connectivity index (χ2n) is 8.63. The largest absolute Gasteiger partial charge is 0.456 e. The van der Waals surface area contributed by atoms with Gasteiger partial charge in [0.15, 0.2) is 12.4 Å². The topological polar surface area (TPSA) is 118 Å². The number of aryl methyl sites for hydroxylation is 1. The van der Waals surface area contributed by atoms with Gasteiger partial charge in [-0.1, -0.05) is 12.8 Å². The van der Waals surface area contributed by atoms with Crippen LogP contribution in [0.4, 0.5) is 5.69 Å². The van der Waals surface area contributed by atoms with Gasteiger partial charge < -0.3 is 4.74 Å². The van der Waals surface area contributed by atoms with E-state index in [2.05, 4.69) is 0 Å². The van der Waals surface area contributed by atoms with Crippen molar-refractivity contribution < 1.29 is 32.3 Å². The summed E-state index contributed by atoms with van der Waals surface area (Å²) in [6, 6.07) is 4.73. The highest BCUT2D eigenvalue weighted by Gasteiger charge is 2.48. The summed E-state index contributed by atoms with van der Waals surface area (Å²) in [5, 5.41) is 0. The smallest absolute Gasteiger partial charge is 0.326 e. The van der Waals surface area contributed by atoms with Crippen LogP contribution in [0.1, 0.15) is 48.0 Å². The molecule has 9 nitrogen and oxygen atoms in total. The van der Waals surface area contributed by atoms with Crippen LogP contribution in [-0.2, 0) is 35.6 Å². The summed E-state index contributed by atoms with van der Waals surface area (Å²) < 4.78 is 30.3. The fourth-order valence-corrected chi connectivity index (χ4v) is 5.87. The molecule has 2 heterocycles. The molecule has 1 saturated heterocycles. The van der Waals surface area contributed by atoms with Crippen LogP contribution in [0, 0.1) is 11.8 Å². The Morgan fingerprint density at radius 2 is 1.72 bits per heavy atom. The SMILES string of the molecule is CS(=O)(=O)N1CCCc2cc(C(=O)COC(=O)CN3C(=O)[C@H]4CCCC[C@H]4C3=O)ccc21. The number of esters is 1. The van der Waals surface area contributed by atoms with Crippen LogP contribution in [0.2, 0.25) is 0 Å². The highest BCUT2D eigenvalue weighted by Crippen LogP contribution is 2.38. The van der Waals surface area contributed by atoms with Crippen LogP contribution < -0.4 is 4.31 Å². The number of carbonyl (C=O) groups is 4. The van der Waals surface area contributed by atoms with Gasteiger partial charge in [-0.25, -0.2) is 8.42 Å². The lowest BCUT2D eigenvalue weighted by molar-refractivity contribution is -0.152. The van der Waals surface area contributed by atoms with Crippen molar-refractivity contribution in [3.05, 3.63) is 29.3 Å². The summed E-state index contributed by atoms with van der Waals surface area (Å²) in [7, 11) is -3.40. The minimum absolute atomic E-state index is 0.311. The third-order valence-electron chi connectivity index (χ3n) is 6.46. The Bertz CT molecular complexity index is 1060. The van der Waals surface area contributed by atoms with Crippen molar-refractivity contribution in [1.29, 1.82) is 0 Å². The van der Waals surface area contributed by atoms with Crippen LogP contribution in [0.5, 0.6) is 0 Å². The van der Waals surface area contributed by atoms with Gasteiger partial charge in [-0.15, -0.1) is 0 Å². The Hall–Kier alpha value is -2.75. The van der Waals surface area contributed by atoms with Crippen molar-refractivity contribution in [2.45, 2.75) is 38.5 Å². The fraction of sp³-hybridized carbons (Fsp3) is 0.545. The predicted octanol–water partition coefficient (Wildman–Crippen LogP) is 1.30. The van der Waals surface area contributed by atoms with Crippen LogP contribution in [0.25, 0.3) is 0 Å². The molecule has 10 heteroatoms. The van der Waals surface area contributed by atoms with Crippen molar-refractivity contribution in [3.8, 4) is 0 Å². The van der Waals surface area contributed by atoms with Gasteiger partial charge in [-0.05, 0) is 49.4 Å². The lowest BCUT2D eigenvalue weighted by Crippen LogP contribution is -2.37. The van der Waals surface area contributed by atoms with Gasteiger partial charge in [0.25, 0.3) is 0 Å². The molecule has 172 valence electrons. The monoisotopic (exact) mass is 462 g/mol. The maximum absolute atomic E-state index is 12.5. The molecule has 2 fully saturated rings. The van der Waals surface area contributed by atoms with Crippen molar-refractivity contribution in [2.24, 2.45) is 11.8 Å². The molecule has 2 amide bonds. The molecule has 1 saturated carbocycles. The number of Topliss-reactive ketones (excluding diaryl/α,β-unsaturated/α-hetero) is 1. The minimum Gasteiger partial charge on any atom is -0.456 e. The Balaban J connectivity index is 1.36. The number of nitrogens with zero attached hydrogens (tertiary/aromatic N) is 2. The van der Waals surface area contributed by atoms with Crippen LogP contribution in [0.15, 0.2) is 18.2 Å². The third-order valence-corrected chi connectivity index (χ3v) is 7.64. The Labute approximate surface area is 186 Å². The molecular weight excluding hydrogens is 436 g/mol. The summed E-state index contributed by atoms with van der Waals surface area (Å²) in [5.74, 6) is -2.58. The number of imide groups is 1. The number of carbonyl (C=O) groups excluding carboxylic acids is 4. The number of ether oxygens (including phenoxy) is 1. The van der Waals surface area contributed by atoms with E-state index in [0.717, 1.165) is 29.6 Å². The summed E-state index contributed by atoms with van der Waals surface area (Å²) >= 11 is 0. The number of amides is 2. The summed E-state index contributed by atoms with van der Waals surface area (Å²) in [5.41, 5.74) is 1.61. The molecule has 1 aromatic rings. The number of benzene rings is 1. The Kier molecular flexibility index (Phi) is 6.07. The van der Waals surface area contributed by atoms with Gasteiger partial charge in [-0.2, -0.15) is 0 Å². The third kappa shape index (κ3) is 4.28. The minimum atomic E-state index is -3.40. The molecule has 2 aliphatic heterocycles. The van der Waals surface area contributed by atoms with Gasteiger partial charge in [0, 0.05) is 12.1 Å². The molecule has 0 radical (unpaired) electrons. The molecule has 0 N–H and O–H groups in total. The first-order valence-corrected chi connectivity index (χ1v) is 12.7. The Morgan fingerprint density at radius 3 is 2.34 bits per heavy atom. The second kappa shape index (κ2) is 8.65. The zero-order chi connectivity index (χ0) is 23.0. The summed E-state index contributed by atoms with van der Waals surface area (Å²) in [6.07, 6.45) is 5.55. The molecule has 0 aromatic heterocycles. The number of anilines is 1. The maximum atomic E-state index is 12.5. The van der Waals surface area contributed by atoms with E-state index in [4.69, 9.17) is 4.74 Å². The van der Waals surface area contributed by atoms with E-state index in [9.17, 15) is 27.6 Å². The summed E-state index contributed by atoms with van der Waals surface area (Å²) in [6.45, 7) is -0.603. The Morgan fingerprint density at radius 1 is 1.06 bits per heavy atom. The average Bonchev–Trinajstić information content (AvgIpc) is 3.01. The first kappa shape index (κ1) is 22.4. The number of fused-ring (bicyclic) bond motifs is 2. The lowest BCUT2D eigenvalue weighted by atomic mass is 9.81. The number of likely N-dealkylation sites (tertiary alicyclic amines) is 1. The zero-order valence-electron chi connectivity index (χ0n) is 17.9. The van der Waals surface area contributed by atoms with Gasteiger partial charge in [0.05, 0.1) is 23.8 Å².